The molecule has 1 atom stereocenters. The van der Waals surface area contributed by atoms with Gasteiger partial charge in [0.1, 0.15) is 0 Å². The molecule has 1 aliphatic heterocycles. The summed E-state index contributed by atoms with van der Waals surface area (Å²) >= 11 is 6.02. The first kappa shape index (κ1) is 20.3. The number of hydrogen-bond acceptors (Lipinski definition) is 4. The number of carbonyl (C=O) groups excluding carboxylic acids is 2. The van der Waals surface area contributed by atoms with Crippen molar-refractivity contribution >= 4 is 34.9 Å². The number of nitrogens with zero attached hydrogens (tertiary/aromatic N) is 2. The van der Waals surface area contributed by atoms with Crippen molar-refractivity contribution in [3.63, 3.8) is 0 Å². The molecule has 2 heterocycles. The lowest BCUT2D eigenvalue weighted by Crippen LogP contribution is -2.44. The molecule has 154 valence electrons. The highest BCUT2D eigenvalue weighted by Crippen LogP contribution is 2.48. The molecular formula is C23H21ClN2O4. The maximum absolute atomic E-state index is 13.3. The van der Waals surface area contributed by atoms with Crippen LogP contribution in [0.15, 0.2) is 53.9 Å². The number of allylic oxidation sites excluding steroid dienone is 2. The molecule has 1 N–H and O–H groups in total. The van der Waals surface area contributed by atoms with Gasteiger partial charge in [-0.25, -0.2) is 4.79 Å². The number of aromatic carboxylic acids is 1. The summed E-state index contributed by atoms with van der Waals surface area (Å²) in [4.78, 5) is 43.9. The Labute approximate surface area is 179 Å². The Morgan fingerprint density at radius 2 is 1.97 bits per heavy atom. The number of Topliss-reactive ketones (excluding diaryl/α,β-unsaturated/α-hetero) is 1. The average molecular weight is 425 g/mol. The molecule has 1 aromatic heterocycles. The Hall–Kier alpha value is -2.99. The topological polar surface area (TPSA) is 87.6 Å². The van der Waals surface area contributed by atoms with E-state index < -0.39 is 11.9 Å². The van der Waals surface area contributed by atoms with Crippen molar-refractivity contribution < 1.29 is 19.5 Å². The summed E-state index contributed by atoms with van der Waals surface area (Å²) in [5.74, 6) is -1.78. The van der Waals surface area contributed by atoms with Crippen LogP contribution < -0.4 is 4.90 Å². The molecule has 1 unspecified atom stereocenters. The van der Waals surface area contributed by atoms with Crippen LogP contribution in [0.1, 0.15) is 55.1 Å². The normalized spacial score (nSPS) is 20.9. The van der Waals surface area contributed by atoms with E-state index in [1.165, 1.54) is 17.0 Å². The number of carboxylic acids is 1. The number of anilines is 1. The lowest BCUT2D eigenvalue weighted by atomic mass is 9.70. The number of carboxylic acid groups (broad SMARTS) is 1. The fourth-order valence-electron chi connectivity index (χ4n) is 4.37. The maximum Gasteiger partial charge on any atom is 0.337 e. The second kappa shape index (κ2) is 7.36. The van der Waals surface area contributed by atoms with E-state index in [0.717, 1.165) is 0 Å². The van der Waals surface area contributed by atoms with Gasteiger partial charge in [0.25, 0.3) is 0 Å². The summed E-state index contributed by atoms with van der Waals surface area (Å²) in [7, 11) is 0. The standard InChI is InChI=1S/C23H21ClN2O4/c1-23(2)11-18-21(19(27)12-23)15(17-5-3-4-8-25-17)10-20(28)26(18)13-6-7-16(24)14(9-13)22(29)30/h3-9,15H,10-12H2,1-2H3,(H,29,30). The number of halogens is 1. The number of aromatic nitrogens is 1. The molecule has 0 spiro atoms. The van der Waals surface area contributed by atoms with Gasteiger partial charge in [-0.2, -0.15) is 0 Å². The Balaban J connectivity index is 1.91. The molecule has 7 heteroatoms. The molecule has 0 radical (unpaired) electrons. The third kappa shape index (κ3) is 3.52. The van der Waals surface area contributed by atoms with Crippen molar-refractivity contribution in [2.45, 2.75) is 39.0 Å². The van der Waals surface area contributed by atoms with Crippen LogP contribution in [0.2, 0.25) is 5.02 Å². The van der Waals surface area contributed by atoms with Crippen molar-refractivity contribution in [2.24, 2.45) is 5.41 Å². The number of carbonyl (C=O) groups is 3. The van der Waals surface area contributed by atoms with Crippen molar-refractivity contribution in [3.05, 3.63) is 70.1 Å². The number of rotatable bonds is 3. The Morgan fingerprint density at radius 1 is 1.20 bits per heavy atom. The van der Waals surface area contributed by atoms with Gasteiger partial charge in [-0.15, -0.1) is 0 Å². The zero-order valence-corrected chi connectivity index (χ0v) is 17.4. The van der Waals surface area contributed by atoms with Gasteiger partial charge in [0, 0.05) is 47.6 Å². The molecule has 1 aromatic carbocycles. The second-order valence-corrected chi connectivity index (χ2v) is 8.92. The lowest BCUT2D eigenvalue weighted by Gasteiger charge is -2.42. The molecule has 1 aliphatic carbocycles. The molecule has 30 heavy (non-hydrogen) atoms. The second-order valence-electron chi connectivity index (χ2n) is 8.51. The summed E-state index contributed by atoms with van der Waals surface area (Å²) in [6, 6.07) is 9.94. The van der Waals surface area contributed by atoms with Gasteiger partial charge in [0.15, 0.2) is 5.78 Å². The highest BCUT2D eigenvalue weighted by Gasteiger charge is 2.44. The average Bonchev–Trinajstić information content (AvgIpc) is 2.67. The summed E-state index contributed by atoms with van der Waals surface area (Å²) in [5.41, 5.74) is 1.91. The number of benzene rings is 1. The minimum Gasteiger partial charge on any atom is -0.478 e. The smallest absolute Gasteiger partial charge is 0.337 e. The molecule has 0 saturated carbocycles. The first-order chi connectivity index (χ1) is 14.2. The van der Waals surface area contributed by atoms with Crippen molar-refractivity contribution in [1.82, 2.24) is 4.98 Å². The third-order valence-electron chi connectivity index (χ3n) is 5.63. The zero-order valence-electron chi connectivity index (χ0n) is 16.7. The molecule has 1 amide bonds. The molecule has 0 bridgehead atoms. The molecular weight excluding hydrogens is 404 g/mol. The van der Waals surface area contributed by atoms with E-state index in [2.05, 4.69) is 4.98 Å². The SMILES string of the molecule is CC1(C)CC(=O)C2=C(C1)N(c1ccc(Cl)c(C(=O)O)c1)C(=O)CC2c1ccccn1. The van der Waals surface area contributed by atoms with E-state index in [0.29, 0.717) is 35.5 Å². The monoisotopic (exact) mass is 424 g/mol. The zero-order chi connectivity index (χ0) is 21.6. The predicted octanol–water partition coefficient (Wildman–Crippen LogP) is 4.60. The van der Waals surface area contributed by atoms with Crippen LogP contribution in [0.4, 0.5) is 5.69 Å². The van der Waals surface area contributed by atoms with Crippen LogP contribution >= 0.6 is 11.6 Å². The largest absolute Gasteiger partial charge is 0.478 e. The maximum atomic E-state index is 13.3. The first-order valence-corrected chi connectivity index (χ1v) is 10.1. The van der Waals surface area contributed by atoms with E-state index in [1.807, 2.05) is 26.0 Å². The minimum atomic E-state index is -1.17. The number of amides is 1. The van der Waals surface area contributed by atoms with Crippen molar-refractivity contribution in [1.29, 1.82) is 0 Å². The summed E-state index contributed by atoms with van der Waals surface area (Å²) in [6.07, 6.45) is 2.65. The van der Waals surface area contributed by atoms with Crippen LogP contribution in [0.25, 0.3) is 0 Å². The first-order valence-electron chi connectivity index (χ1n) is 9.71. The van der Waals surface area contributed by atoms with Crippen LogP contribution in [-0.2, 0) is 9.59 Å². The molecule has 2 aliphatic rings. The van der Waals surface area contributed by atoms with Crippen molar-refractivity contribution in [2.75, 3.05) is 4.90 Å². The summed E-state index contributed by atoms with van der Waals surface area (Å²) in [6.45, 7) is 3.98. The number of hydrogen-bond donors (Lipinski definition) is 1. The van der Waals surface area contributed by atoms with Gasteiger partial charge < -0.3 is 5.11 Å². The van der Waals surface area contributed by atoms with Gasteiger partial charge in [-0.3, -0.25) is 19.5 Å². The third-order valence-corrected chi connectivity index (χ3v) is 5.96. The molecule has 0 saturated heterocycles. The van der Waals surface area contributed by atoms with E-state index >= 15 is 0 Å². The molecule has 0 fully saturated rings. The van der Waals surface area contributed by atoms with Gasteiger partial charge in [0.05, 0.1) is 10.6 Å². The Bertz CT molecular complexity index is 1090. The van der Waals surface area contributed by atoms with Gasteiger partial charge in [-0.1, -0.05) is 31.5 Å². The Kier molecular flexibility index (Phi) is 4.98. The summed E-state index contributed by atoms with van der Waals surface area (Å²) in [5, 5.41) is 9.53. The lowest BCUT2D eigenvalue weighted by molar-refractivity contribution is -0.121. The van der Waals surface area contributed by atoms with Crippen LogP contribution in [0, 0.1) is 5.41 Å². The van der Waals surface area contributed by atoms with Crippen molar-refractivity contribution in [3.8, 4) is 0 Å². The quantitative estimate of drug-likeness (QED) is 0.778. The Morgan fingerprint density at radius 3 is 2.63 bits per heavy atom. The minimum absolute atomic E-state index is 0.00169. The van der Waals surface area contributed by atoms with Crippen LogP contribution in [0.5, 0.6) is 0 Å². The van der Waals surface area contributed by atoms with E-state index in [1.54, 1.807) is 18.3 Å². The van der Waals surface area contributed by atoms with Crippen LogP contribution in [0.3, 0.4) is 0 Å². The van der Waals surface area contributed by atoms with E-state index in [4.69, 9.17) is 11.6 Å². The molecule has 4 rings (SSSR count). The van der Waals surface area contributed by atoms with Gasteiger partial charge in [-0.05, 0) is 42.2 Å². The highest BCUT2D eigenvalue weighted by molar-refractivity contribution is 6.33. The predicted molar refractivity (Wildman–Crippen MR) is 113 cm³/mol. The van der Waals surface area contributed by atoms with E-state index in [-0.39, 0.29) is 34.1 Å². The fourth-order valence-corrected chi connectivity index (χ4v) is 4.56. The van der Waals surface area contributed by atoms with E-state index in [9.17, 15) is 19.5 Å². The van der Waals surface area contributed by atoms with Gasteiger partial charge >= 0.3 is 5.97 Å². The summed E-state index contributed by atoms with van der Waals surface area (Å²) < 4.78 is 0. The van der Waals surface area contributed by atoms with Gasteiger partial charge in [0.2, 0.25) is 5.91 Å². The molecule has 2 aromatic rings. The fraction of sp³-hybridized carbons (Fsp3) is 0.304. The molecule has 6 nitrogen and oxygen atoms in total. The number of ketones is 1. The van der Waals surface area contributed by atoms with Crippen LogP contribution in [-0.4, -0.2) is 27.8 Å². The number of pyridine rings is 1. The highest BCUT2D eigenvalue weighted by atomic mass is 35.5.